The Morgan fingerprint density at radius 2 is 2.10 bits per heavy atom. The zero-order chi connectivity index (χ0) is 15.5. The number of aromatic nitrogens is 1. The van der Waals surface area contributed by atoms with Gasteiger partial charge in [0.05, 0.1) is 4.88 Å². The zero-order valence-corrected chi connectivity index (χ0v) is 13.7. The number of thiazole rings is 1. The lowest BCUT2D eigenvalue weighted by atomic mass is 10.2. The number of rotatable bonds is 5. The normalized spacial score (nSPS) is 11.9. The Morgan fingerprint density at radius 3 is 2.71 bits per heavy atom. The van der Waals surface area contributed by atoms with Crippen molar-refractivity contribution in [1.29, 1.82) is 0 Å². The Labute approximate surface area is 133 Å². The van der Waals surface area contributed by atoms with Crippen LogP contribution in [0.4, 0.5) is 13.2 Å². The predicted molar refractivity (Wildman–Crippen MR) is 82.2 cm³/mol. The fraction of sp³-hybridized carbons (Fsp3) is 0.357. The first-order valence-electron chi connectivity index (χ1n) is 6.45. The highest BCUT2D eigenvalue weighted by molar-refractivity contribution is 9.10. The first-order chi connectivity index (χ1) is 9.91. The average molecular weight is 379 g/mol. The molecule has 7 heteroatoms. The van der Waals surface area contributed by atoms with Crippen molar-refractivity contribution >= 4 is 27.3 Å². The first-order valence-corrected chi connectivity index (χ1v) is 8.06. The van der Waals surface area contributed by atoms with Gasteiger partial charge in [0, 0.05) is 16.6 Å². The number of nitrogens with one attached hydrogen (secondary N) is 1. The lowest BCUT2D eigenvalue weighted by Crippen LogP contribution is -2.17. The fourth-order valence-corrected chi connectivity index (χ4v) is 3.26. The molecule has 0 amide bonds. The second kappa shape index (κ2) is 6.89. The molecule has 1 heterocycles. The molecule has 2 aromatic rings. The number of hydrogen-bond donors (Lipinski definition) is 1. The van der Waals surface area contributed by atoms with Crippen LogP contribution < -0.4 is 5.32 Å². The predicted octanol–water partition coefficient (Wildman–Crippen LogP) is 5.09. The molecule has 21 heavy (non-hydrogen) atoms. The van der Waals surface area contributed by atoms with E-state index >= 15 is 0 Å². The Hall–Kier alpha value is -0.920. The van der Waals surface area contributed by atoms with E-state index in [-0.39, 0.29) is 11.4 Å². The molecule has 0 fully saturated rings. The molecule has 0 saturated heterocycles. The number of nitrogens with zero attached hydrogens (tertiary/aromatic N) is 1. The van der Waals surface area contributed by atoms with Gasteiger partial charge >= 0.3 is 6.18 Å². The molecule has 0 spiro atoms. The van der Waals surface area contributed by atoms with Crippen molar-refractivity contribution in [3.63, 3.8) is 0 Å². The van der Waals surface area contributed by atoms with Crippen LogP contribution in [0.3, 0.4) is 0 Å². The van der Waals surface area contributed by atoms with Crippen molar-refractivity contribution in [3.8, 4) is 10.6 Å². The van der Waals surface area contributed by atoms with Crippen molar-refractivity contribution < 1.29 is 13.2 Å². The summed E-state index contributed by atoms with van der Waals surface area (Å²) in [6, 6.07) is 7.13. The van der Waals surface area contributed by atoms with Gasteiger partial charge in [-0.2, -0.15) is 13.2 Å². The van der Waals surface area contributed by atoms with Gasteiger partial charge in [0.2, 0.25) is 0 Å². The van der Waals surface area contributed by atoms with Gasteiger partial charge in [-0.25, -0.2) is 4.98 Å². The zero-order valence-electron chi connectivity index (χ0n) is 11.3. The first kappa shape index (κ1) is 16.5. The Balaban J connectivity index is 2.36. The van der Waals surface area contributed by atoms with Gasteiger partial charge in [-0.05, 0) is 25.1 Å². The molecule has 0 aliphatic rings. The minimum absolute atomic E-state index is 0.189. The summed E-state index contributed by atoms with van der Waals surface area (Å²) in [5, 5.41) is 3.39. The average Bonchev–Trinajstić information content (AvgIpc) is 2.83. The van der Waals surface area contributed by atoms with Crippen LogP contribution in [0.1, 0.15) is 23.9 Å². The van der Waals surface area contributed by atoms with Crippen molar-refractivity contribution in [2.24, 2.45) is 0 Å². The molecule has 2 rings (SSSR count). The summed E-state index contributed by atoms with van der Waals surface area (Å²) in [7, 11) is 0. The maximum atomic E-state index is 13.1. The molecule has 1 aromatic heterocycles. The molecule has 0 saturated carbocycles. The topological polar surface area (TPSA) is 24.9 Å². The summed E-state index contributed by atoms with van der Waals surface area (Å²) in [5.74, 6) is 0. The van der Waals surface area contributed by atoms with Crippen LogP contribution in [0.15, 0.2) is 28.7 Å². The van der Waals surface area contributed by atoms with E-state index in [0.29, 0.717) is 17.1 Å². The molecule has 1 aromatic carbocycles. The minimum Gasteiger partial charge on any atom is -0.312 e. The lowest BCUT2D eigenvalue weighted by molar-refractivity contribution is -0.141. The van der Waals surface area contributed by atoms with E-state index in [4.69, 9.17) is 0 Å². The van der Waals surface area contributed by atoms with Crippen molar-refractivity contribution in [1.82, 2.24) is 10.3 Å². The third-order valence-corrected chi connectivity index (χ3v) is 4.35. The molecule has 2 nitrogen and oxygen atoms in total. The van der Waals surface area contributed by atoms with E-state index in [1.807, 2.05) is 13.0 Å². The molecule has 0 aliphatic carbocycles. The third-order valence-electron chi connectivity index (χ3n) is 2.75. The van der Waals surface area contributed by atoms with Crippen LogP contribution in [0, 0.1) is 0 Å². The van der Waals surface area contributed by atoms with Gasteiger partial charge in [0.25, 0.3) is 0 Å². The summed E-state index contributed by atoms with van der Waals surface area (Å²) >= 11 is 4.40. The van der Waals surface area contributed by atoms with Crippen LogP contribution in [0.25, 0.3) is 10.6 Å². The van der Waals surface area contributed by atoms with Crippen LogP contribution in [0.5, 0.6) is 0 Å². The monoisotopic (exact) mass is 378 g/mol. The van der Waals surface area contributed by atoms with Crippen LogP contribution in [-0.2, 0) is 12.7 Å². The van der Waals surface area contributed by atoms with Crippen molar-refractivity contribution in [2.75, 3.05) is 6.54 Å². The number of halogens is 4. The second-order valence-corrected chi connectivity index (χ2v) is 6.47. The number of hydrogen-bond acceptors (Lipinski definition) is 3. The van der Waals surface area contributed by atoms with Crippen molar-refractivity contribution in [2.45, 2.75) is 26.1 Å². The summed E-state index contributed by atoms with van der Waals surface area (Å²) in [6.45, 7) is 2.84. The quantitative estimate of drug-likeness (QED) is 0.732. The van der Waals surface area contributed by atoms with E-state index in [1.54, 1.807) is 18.2 Å². The molecular formula is C14H14BrF3N2S. The standard InChI is InChI=1S/C14H14BrF3N2S/c1-2-6-19-8-11-12(14(16,17)18)20-13(21-11)9-4-3-5-10(15)7-9/h3-5,7,19H,2,6,8H2,1H3. The fourth-order valence-electron chi connectivity index (χ4n) is 1.82. The van der Waals surface area contributed by atoms with Gasteiger partial charge in [0.1, 0.15) is 5.01 Å². The van der Waals surface area contributed by atoms with E-state index < -0.39 is 11.9 Å². The lowest BCUT2D eigenvalue weighted by Gasteiger charge is -2.06. The van der Waals surface area contributed by atoms with Crippen LogP contribution in [0.2, 0.25) is 0 Å². The van der Waals surface area contributed by atoms with E-state index in [2.05, 4.69) is 26.2 Å². The molecule has 0 aliphatic heterocycles. The Morgan fingerprint density at radius 1 is 1.33 bits per heavy atom. The third kappa shape index (κ3) is 4.28. The molecular weight excluding hydrogens is 365 g/mol. The Kier molecular flexibility index (Phi) is 5.40. The summed E-state index contributed by atoms with van der Waals surface area (Å²) in [4.78, 5) is 4.03. The van der Waals surface area contributed by atoms with Gasteiger partial charge in [-0.3, -0.25) is 0 Å². The maximum Gasteiger partial charge on any atom is 0.434 e. The summed E-state index contributed by atoms with van der Waals surface area (Å²) in [6.07, 6.45) is -3.55. The van der Waals surface area contributed by atoms with Gasteiger partial charge in [-0.15, -0.1) is 11.3 Å². The Bertz CT molecular complexity index is 611. The number of alkyl halides is 3. The van der Waals surface area contributed by atoms with Gasteiger partial charge in [0.15, 0.2) is 5.69 Å². The molecule has 0 bridgehead atoms. The van der Waals surface area contributed by atoms with Gasteiger partial charge < -0.3 is 5.32 Å². The van der Waals surface area contributed by atoms with E-state index in [9.17, 15) is 13.2 Å². The van der Waals surface area contributed by atoms with Crippen LogP contribution in [-0.4, -0.2) is 11.5 Å². The van der Waals surface area contributed by atoms with Crippen molar-refractivity contribution in [3.05, 3.63) is 39.3 Å². The second-order valence-electron chi connectivity index (χ2n) is 4.48. The maximum absolute atomic E-state index is 13.1. The minimum atomic E-state index is -4.43. The molecule has 114 valence electrons. The smallest absolute Gasteiger partial charge is 0.312 e. The molecule has 0 unspecified atom stereocenters. The van der Waals surface area contributed by atoms with Gasteiger partial charge in [-0.1, -0.05) is 35.0 Å². The van der Waals surface area contributed by atoms with E-state index in [0.717, 1.165) is 22.2 Å². The molecule has 0 atom stereocenters. The highest BCUT2D eigenvalue weighted by Crippen LogP contribution is 2.38. The highest BCUT2D eigenvalue weighted by atomic mass is 79.9. The number of benzene rings is 1. The molecule has 0 radical (unpaired) electrons. The van der Waals surface area contributed by atoms with Crippen LogP contribution >= 0.6 is 27.3 Å². The van der Waals surface area contributed by atoms with E-state index in [1.165, 1.54) is 0 Å². The largest absolute Gasteiger partial charge is 0.434 e. The molecule has 1 N–H and O–H groups in total. The summed E-state index contributed by atoms with van der Waals surface area (Å²) in [5.41, 5.74) is -0.104. The summed E-state index contributed by atoms with van der Waals surface area (Å²) < 4.78 is 40.0. The SMILES string of the molecule is CCCNCc1sc(-c2cccc(Br)c2)nc1C(F)(F)F. The highest BCUT2D eigenvalue weighted by Gasteiger charge is 2.37.